The van der Waals surface area contributed by atoms with E-state index in [0.29, 0.717) is 0 Å². The summed E-state index contributed by atoms with van der Waals surface area (Å²) in [6.45, 7) is 4.86. The van der Waals surface area contributed by atoms with Gasteiger partial charge in [0.25, 0.3) is 0 Å². The molecule has 0 spiro atoms. The monoisotopic (exact) mass is 172 g/mol. The minimum absolute atomic E-state index is 0.0611. The smallest absolute Gasteiger partial charge is 0.239 e. The van der Waals surface area contributed by atoms with Gasteiger partial charge in [-0.1, -0.05) is 20.3 Å². The molecule has 0 aromatic rings. The summed E-state index contributed by atoms with van der Waals surface area (Å²) >= 11 is 0. The normalized spacial score (nSPS) is 12.7. The van der Waals surface area contributed by atoms with Crippen molar-refractivity contribution >= 4 is 5.91 Å². The molecule has 0 radical (unpaired) electrons. The zero-order chi connectivity index (χ0) is 9.56. The number of hydrogen-bond donors (Lipinski definition) is 1. The predicted molar refractivity (Wildman–Crippen MR) is 50.8 cm³/mol. The van der Waals surface area contributed by atoms with Crippen molar-refractivity contribution in [2.24, 2.45) is 5.73 Å². The highest BCUT2D eigenvalue weighted by atomic mass is 16.2. The van der Waals surface area contributed by atoms with E-state index >= 15 is 0 Å². The molecular weight excluding hydrogens is 152 g/mol. The van der Waals surface area contributed by atoms with Crippen LogP contribution in [-0.4, -0.2) is 30.4 Å². The molecule has 0 aromatic carbocycles. The molecule has 0 rings (SSSR count). The SMILES string of the molecule is CCCCN(C)C(=O)[C@@H](N)CC. The van der Waals surface area contributed by atoms with Crippen LogP contribution < -0.4 is 5.73 Å². The second-order valence-electron chi connectivity index (χ2n) is 3.13. The topological polar surface area (TPSA) is 46.3 Å². The molecule has 0 fully saturated rings. The van der Waals surface area contributed by atoms with Crippen molar-refractivity contribution in [2.75, 3.05) is 13.6 Å². The maximum Gasteiger partial charge on any atom is 0.239 e. The van der Waals surface area contributed by atoms with Crippen molar-refractivity contribution in [1.82, 2.24) is 4.90 Å². The molecular formula is C9H20N2O. The average molecular weight is 172 g/mol. The van der Waals surface area contributed by atoms with Gasteiger partial charge in [-0.3, -0.25) is 4.79 Å². The van der Waals surface area contributed by atoms with Gasteiger partial charge in [-0.15, -0.1) is 0 Å². The summed E-state index contributed by atoms with van der Waals surface area (Å²) in [6, 6.07) is -0.313. The first kappa shape index (κ1) is 11.4. The molecule has 0 aliphatic heterocycles. The van der Waals surface area contributed by atoms with Crippen molar-refractivity contribution in [2.45, 2.75) is 39.2 Å². The number of nitrogens with zero attached hydrogens (tertiary/aromatic N) is 1. The molecule has 0 heterocycles. The number of unbranched alkanes of at least 4 members (excludes halogenated alkanes) is 1. The minimum Gasteiger partial charge on any atom is -0.344 e. The molecule has 2 N–H and O–H groups in total. The minimum atomic E-state index is -0.313. The Morgan fingerprint density at radius 1 is 1.50 bits per heavy atom. The number of carbonyl (C=O) groups is 1. The zero-order valence-electron chi connectivity index (χ0n) is 8.34. The zero-order valence-corrected chi connectivity index (χ0v) is 8.34. The maximum atomic E-state index is 11.4. The van der Waals surface area contributed by atoms with E-state index in [0.717, 1.165) is 25.8 Å². The fourth-order valence-corrected chi connectivity index (χ4v) is 0.963. The van der Waals surface area contributed by atoms with Gasteiger partial charge >= 0.3 is 0 Å². The molecule has 0 unspecified atom stereocenters. The molecule has 0 saturated carbocycles. The van der Waals surface area contributed by atoms with E-state index in [4.69, 9.17) is 5.73 Å². The van der Waals surface area contributed by atoms with Crippen LogP contribution in [0.3, 0.4) is 0 Å². The van der Waals surface area contributed by atoms with Crippen LogP contribution in [-0.2, 0) is 4.79 Å². The summed E-state index contributed by atoms with van der Waals surface area (Å²) in [5, 5.41) is 0. The summed E-state index contributed by atoms with van der Waals surface area (Å²) < 4.78 is 0. The molecule has 0 saturated heterocycles. The van der Waals surface area contributed by atoms with Gasteiger partial charge in [0.2, 0.25) is 5.91 Å². The summed E-state index contributed by atoms with van der Waals surface area (Å²) in [4.78, 5) is 13.1. The van der Waals surface area contributed by atoms with E-state index in [1.165, 1.54) is 0 Å². The fourth-order valence-electron chi connectivity index (χ4n) is 0.963. The molecule has 3 heteroatoms. The van der Waals surface area contributed by atoms with Crippen LogP contribution in [0.15, 0.2) is 0 Å². The number of rotatable bonds is 5. The van der Waals surface area contributed by atoms with Crippen LogP contribution in [0.1, 0.15) is 33.1 Å². The van der Waals surface area contributed by atoms with Gasteiger partial charge in [-0.25, -0.2) is 0 Å². The molecule has 0 aromatic heterocycles. The Kier molecular flexibility index (Phi) is 5.72. The predicted octanol–water partition coefficient (Wildman–Crippen LogP) is 0.982. The third-order valence-electron chi connectivity index (χ3n) is 1.98. The van der Waals surface area contributed by atoms with Crippen LogP contribution in [0.4, 0.5) is 0 Å². The Hall–Kier alpha value is -0.570. The van der Waals surface area contributed by atoms with Crippen molar-refractivity contribution in [3.63, 3.8) is 0 Å². The van der Waals surface area contributed by atoms with Gasteiger partial charge in [0.1, 0.15) is 0 Å². The van der Waals surface area contributed by atoms with E-state index < -0.39 is 0 Å². The van der Waals surface area contributed by atoms with Crippen LogP contribution in [0.5, 0.6) is 0 Å². The summed E-state index contributed by atoms with van der Waals surface area (Å²) in [6.07, 6.45) is 2.88. The van der Waals surface area contributed by atoms with Crippen molar-refractivity contribution in [3.8, 4) is 0 Å². The standard InChI is InChI=1S/C9H20N2O/c1-4-6-7-11(3)9(12)8(10)5-2/h8H,4-7,10H2,1-3H3/t8-/m0/s1. The van der Waals surface area contributed by atoms with Crippen LogP contribution in [0.2, 0.25) is 0 Å². The second-order valence-corrected chi connectivity index (χ2v) is 3.13. The lowest BCUT2D eigenvalue weighted by Gasteiger charge is -2.19. The van der Waals surface area contributed by atoms with Crippen LogP contribution in [0, 0.1) is 0 Å². The lowest BCUT2D eigenvalue weighted by atomic mass is 10.2. The van der Waals surface area contributed by atoms with Gasteiger partial charge in [-0.2, -0.15) is 0 Å². The third kappa shape index (κ3) is 3.72. The molecule has 72 valence electrons. The van der Waals surface area contributed by atoms with E-state index in [1.807, 2.05) is 14.0 Å². The Morgan fingerprint density at radius 2 is 2.08 bits per heavy atom. The number of hydrogen-bond acceptors (Lipinski definition) is 2. The molecule has 1 amide bonds. The molecule has 0 aliphatic carbocycles. The highest BCUT2D eigenvalue weighted by Gasteiger charge is 2.14. The first-order valence-electron chi connectivity index (χ1n) is 4.64. The highest BCUT2D eigenvalue weighted by molar-refractivity contribution is 5.81. The van der Waals surface area contributed by atoms with E-state index in [1.54, 1.807) is 4.90 Å². The van der Waals surface area contributed by atoms with Crippen molar-refractivity contribution < 1.29 is 4.79 Å². The van der Waals surface area contributed by atoms with E-state index in [9.17, 15) is 4.79 Å². The summed E-state index contributed by atoms with van der Waals surface area (Å²) in [5.74, 6) is 0.0611. The van der Waals surface area contributed by atoms with Crippen molar-refractivity contribution in [3.05, 3.63) is 0 Å². The highest BCUT2D eigenvalue weighted by Crippen LogP contribution is 1.97. The lowest BCUT2D eigenvalue weighted by Crippen LogP contribution is -2.41. The summed E-state index contributed by atoms with van der Waals surface area (Å²) in [7, 11) is 1.81. The van der Waals surface area contributed by atoms with Gasteiger partial charge in [0.15, 0.2) is 0 Å². The Balaban J connectivity index is 3.75. The van der Waals surface area contributed by atoms with Gasteiger partial charge in [0.05, 0.1) is 6.04 Å². The molecule has 0 aliphatic rings. The van der Waals surface area contributed by atoms with Crippen LogP contribution in [0.25, 0.3) is 0 Å². The van der Waals surface area contributed by atoms with Crippen molar-refractivity contribution in [1.29, 1.82) is 0 Å². The average Bonchev–Trinajstić information content (AvgIpc) is 2.11. The lowest BCUT2D eigenvalue weighted by molar-refractivity contribution is -0.131. The molecule has 3 nitrogen and oxygen atoms in total. The Labute approximate surface area is 74.9 Å². The quantitative estimate of drug-likeness (QED) is 0.672. The maximum absolute atomic E-state index is 11.4. The first-order chi connectivity index (χ1) is 5.63. The molecule has 1 atom stereocenters. The van der Waals surface area contributed by atoms with Crippen LogP contribution >= 0.6 is 0 Å². The Bertz CT molecular complexity index is 136. The molecule has 0 bridgehead atoms. The van der Waals surface area contributed by atoms with E-state index in [2.05, 4.69) is 6.92 Å². The largest absolute Gasteiger partial charge is 0.344 e. The second kappa shape index (κ2) is 6.00. The first-order valence-corrected chi connectivity index (χ1v) is 4.64. The number of amides is 1. The third-order valence-corrected chi connectivity index (χ3v) is 1.98. The fraction of sp³-hybridized carbons (Fsp3) is 0.889. The number of carbonyl (C=O) groups excluding carboxylic acids is 1. The van der Waals surface area contributed by atoms with Gasteiger partial charge in [0, 0.05) is 13.6 Å². The van der Waals surface area contributed by atoms with E-state index in [-0.39, 0.29) is 11.9 Å². The van der Waals surface area contributed by atoms with Gasteiger partial charge in [-0.05, 0) is 12.8 Å². The number of likely N-dealkylation sites (N-methyl/N-ethyl adjacent to an activating group) is 1. The summed E-state index contributed by atoms with van der Waals surface area (Å²) in [5.41, 5.74) is 5.60. The Morgan fingerprint density at radius 3 is 2.50 bits per heavy atom. The number of nitrogens with two attached hydrogens (primary N) is 1. The molecule has 12 heavy (non-hydrogen) atoms. The van der Waals surface area contributed by atoms with Gasteiger partial charge < -0.3 is 10.6 Å².